The molecule has 4 heterocycles. The number of carbonyl (C=O) groups excluding carboxylic acids is 2. The fourth-order valence-corrected chi connectivity index (χ4v) is 6.36. The van der Waals surface area contributed by atoms with E-state index in [1.807, 2.05) is 0 Å². The average molecular weight is 666 g/mol. The van der Waals surface area contributed by atoms with Gasteiger partial charge in [0.15, 0.2) is 0 Å². The molecule has 0 spiro atoms. The number of benzene rings is 2. The summed E-state index contributed by atoms with van der Waals surface area (Å²) in [6, 6.07) is 12.9. The Morgan fingerprint density at radius 3 is 1.31 bits per heavy atom. The van der Waals surface area contributed by atoms with Crippen LogP contribution in [0.25, 0.3) is 0 Å². The van der Waals surface area contributed by atoms with Crippen molar-refractivity contribution >= 4 is 59.4 Å². The van der Waals surface area contributed by atoms with Crippen LogP contribution in [-0.2, 0) is 22.4 Å². The number of hydrogen-bond acceptors (Lipinski definition) is 6. The molecule has 2 aromatic rings. The molecular weight excluding hydrogens is 611 g/mol. The fraction of sp³-hybridized carbons (Fsp3) is 0.588. The van der Waals surface area contributed by atoms with Crippen LogP contribution < -0.4 is 20.4 Å². The third kappa shape index (κ3) is 10.7. The van der Waals surface area contributed by atoms with Crippen molar-refractivity contribution in [2.45, 2.75) is 65.2 Å². The quantitative estimate of drug-likeness (QED) is 0.412. The molecule has 0 aromatic heterocycles. The van der Waals surface area contributed by atoms with Crippen LogP contribution in [0.3, 0.4) is 0 Å². The molecule has 45 heavy (non-hydrogen) atoms. The predicted molar refractivity (Wildman–Crippen MR) is 192 cm³/mol. The van der Waals surface area contributed by atoms with Crippen LogP contribution in [0.15, 0.2) is 36.4 Å². The summed E-state index contributed by atoms with van der Waals surface area (Å²) in [5.41, 5.74) is 7.16. The van der Waals surface area contributed by atoms with E-state index < -0.39 is 0 Å². The molecule has 0 aliphatic carbocycles. The highest BCUT2D eigenvalue weighted by Gasteiger charge is 2.21. The van der Waals surface area contributed by atoms with Crippen LogP contribution in [-0.4, -0.2) is 92.5 Å². The lowest BCUT2D eigenvalue weighted by atomic mass is 10.0. The molecule has 2 fully saturated rings. The van der Waals surface area contributed by atoms with E-state index in [9.17, 15) is 9.59 Å². The third-order valence-electron chi connectivity index (χ3n) is 9.10. The van der Waals surface area contributed by atoms with Gasteiger partial charge in [-0.15, -0.1) is 24.8 Å². The van der Waals surface area contributed by atoms with Crippen molar-refractivity contribution in [3.8, 4) is 0 Å². The van der Waals surface area contributed by atoms with Crippen molar-refractivity contribution in [2.75, 3.05) is 85.9 Å². The van der Waals surface area contributed by atoms with Gasteiger partial charge < -0.3 is 25.9 Å². The lowest BCUT2D eigenvalue weighted by molar-refractivity contribution is -0.117. The van der Waals surface area contributed by atoms with E-state index in [1.54, 1.807) is 0 Å². The number of nitrogens with zero attached hydrogens (tertiary/aromatic N) is 4. The average Bonchev–Trinajstić information content (AvgIpc) is 3.03. The lowest BCUT2D eigenvalue weighted by Gasteiger charge is -2.36. The SMILES string of the molecule is CCCCN1CCN(c2ccc3c(c2)CCC(=O)N3)CC1.CCCCN1CCN(c2ccc3c(c2)CCC(=O)N3)CC1.Cl.Cl.O. The Kier molecular flexibility index (Phi) is 16.5. The van der Waals surface area contributed by atoms with E-state index in [2.05, 4.69) is 80.5 Å². The molecule has 6 rings (SSSR count). The summed E-state index contributed by atoms with van der Waals surface area (Å²) in [4.78, 5) is 32.9. The summed E-state index contributed by atoms with van der Waals surface area (Å²) in [5, 5.41) is 5.91. The normalized spacial score (nSPS) is 18.0. The van der Waals surface area contributed by atoms with Crippen LogP contribution >= 0.6 is 24.8 Å². The molecule has 2 saturated heterocycles. The Morgan fingerprint density at radius 1 is 0.578 bits per heavy atom. The van der Waals surface area contributed by atoms with Gasteiger partial charge in [-0.3, -0.25) is 19.4 Å². The van der Waals surface area contributed by atoms with Crippen molar-refractivity contribution in [3.63, 3.8) is 0 Å². The van der Waals surface area contributed by atoms with Gasteiger partial charge in [0, 0.05) is 87.9 Å². The Morgan fingerprint density at radius 2 is 0.956 bits per heavy atom. The number of nitrogens with one attached hydrogen (secondary N) is 2. The monoisotopic (exact) mass is 664 g/mol. The molecule has 0 unspecified atom stereocenters. The van der Waals surface area contributed by atoms with Gasteiger partial charge in [-0.2, -0.15) is 0 Å². The molecule has 2 amide bonds. The fourth-order valence-electron chi connectivity index (χ4n) is 6.36. The number of anilines is 4. The van der Waals surface area contributed by atoms with Gasteiger partial charge >= 0.3 is 0 Å². The van der Waals surface area contributed by atoms with Crippen LogP contribution in [0.4, 0.5) is 22.7 Å². The number of aryl methyl sites for hydroxylation is 2. The first-order valence-corrected chi connectivity index (χ1v) is 16.3. The number of hydrogen-bond donors (Lipinski definition) is 2. The number of unbranched alkanes of at least 4 members (excludes halogenated alkanes) is 2. The molecular formula is C34H54Cl2N6O3. The minimum absolute atomic E-state index is 0. The van der Waals surface area contributed by atoms with Crippen molar-refractivity contribution in [1.82, 2.24) is 9.80 Å². The van der Waals surface area contributed by atoms with Gasteiger partial charge in [-0.05, 0) is 86.3 Å². The second kappa shape index (κ2) is 19.2. The Balaban J connectivity index is 0.000000294. The molecule has 9 nitrogen and oxygen atoms in total. The van der Waals surface area contributed by atoms with Crippen LogP contribution in [0, 0.1) is 0 Å². The molecule has 4 aliphatic rings. The van der Waals surface area contributed by atoms with Crippen LogP contribution in [0.5, 0.6) is 0 Å². The smallest absolute Gasteiger partial charge is 0.224 e. The molecule has 252 valence electrons. The topological polar surface area (TPSA) is 103 Å². The van der Waals surface area contributed by atoms with Gasteiger partial charge in [0.05, 0.1) is 0 Å². The van der Waals surface area contributed by atoms with E-state index in [0.717, 1.165) is 76.6 Å². The predicted octanol–water partition coefficient (Wildman–Crippen LogP) is 5.01. The number of rotatable bonds is 8. The maximum Gasteiger partial charge on any atom is 0.224 e. The van der Waals surface area contributed by atoms with Crippen molar-refractivity contribution in [1.29, 1.82) is 0 Å². The number of carbonyl (C=O) groups is 2. The van der Waals surface area contributed by atoms with Gasteiger partial charge in [-0.25, -0.2) is 0 Å². The number of piperazine rings is 2. The van der Waals surface area contributed by atoms with Gasteiger partial charge in [0.25, 0.3) is 0 Å². The molecule has 0 saturated carbocycles. The molecule has 4 aliphatic heterocycles. The highest BCUT2D eigenvalue weighted by Crippen LogP contribution is 2.29. The van der Waals surface area contributed by atoms with Gasteiger partial charge in [-0.1, -0.05) is 26.7 Å². The number of fused-ring (bicyclic) bond motifs is 2. The first kappa shape index (κ1) is 38.6. The first-order chi connectivity index (χ1) is 20.5. The molecule has 11 heteroatoms. The van der Waals surface area contributed by atoms with E-state index in [-0.39, 0.29) is 42.1 Å². The van der Waals surface area contributed by atoms with Crippen molar-refractivity contribution < 1.29 is 15.1 Å². The minimum Gasteiger partial charge on any atom is -0.412 e. The maximum atomic E-state index is 11.4. The Bertz CT molecular complexity index is 1120. The van der Waals surface area contributed by atoms with Crippen LogP contribution in [0.1, 0.15) is 63.5 Å². The highest BCUT2D eigenvalue weighted by atomic mass is 35.5. The zero-order chi connectivity index (χ0) is 29.3. The molecule has 2 aromatic carbocycles. The zero-order valence-corrected chi connectivity index (χ0v) is 28.7. The summed E-state index contributed by atoms with van der Waals surface area (Å²) < 4.78 is 0. The molecule has 0 bridgehead atoms. The Hall–Kier alpha value is -2.56. The lowest BCUT2D eigenvalue weighted by Crippen LogP contribution is -2.46. The van der Waals surface area contributed by atoms with E-state index in [1.165, 1.54) is 61.3 Å². The highest BCUT2D eigenvalue weighted by molar-refractivity contribution is 5.95. The summed E-state index contributed by atoms with van der Waals surface area (Å²) in [7, 11) is 0. The standard InChI is InChI=1S/2C17H25N3O.2ClH.H2O/c2*1-2-3-8-19-9-11-20(12-10-19)15-5-6-16-14(13-15)4-7-17(21)18-16;;;/h2*5-6,13H,2-4,7-12H2,1H3,(H,18,21);2*1H;1H2. The summed E-state index contributed by atoms with van der Waals surface area (Å²) in [5.74, 6) is 0.277. The second-order valence-electron chi connectivity index (χ2n) is 12.1. The summed E-state index contributed by atoms with van der Waals surface area (Å²) >= 11 is 0. The van der Waals surface area contributed by atoms with Crippen LogP contribution in [0.2, 0.25) is 0 Å². The minimum atomic E-state index is 0. The van der Waals surface area contributed by atoms with E-state index >= 15 is 0 Å². The molecule has 4 N–H and O–H groups in total. The van der Waals surface area contributed by atoms with Gasteiger partial charge in [0.2, 0.25) is 11.8 Å². The first-order valence-electron chi connectivity index (χ1n) is 16.3. The maximum absolute atomic E-state index is 11.4. The Labute approximate surface area is 282 Å². The largest absolute Gasteiger partial charge is 0.412 e. The van der Waals surface area contributed by atoms with Crippen molar-refractivity contribution in [2.24, 2.45) is 0 Å². The zero-order valence-electron chi connectivity index (χ0n) is 27.1. The van der Waals surface area contributed by atoms with E-state index in [4.69, 9.17) is 0 Å². The molecule has 0 radical (unpaired) electrons. The summed E-state index contributed by atoms with van der Waals surface area (Å²) in [6.07, 6.45) is 8.12. The van der Waals surface area contributed by atoms with Gasteiger partial charge in [0.1, 0.15) is 0 Å². The van der Waals surface area contributed by atoms with E-state index in [0.29, 0.717) is 12.8 Å². The number of amides is 2. The third-order valence-corrected chi connectivity index (χ3v) is 9.10. The summed E-state index contributed by atoms with van der Waals surface area (Å²) in [6.45, 7) is 16.0. The number of halogens is 2. The molecule has 0 atom stereocenters. The second-order valence-corrected chi connectivity index (χ2v) is 12.1. The van der Waals surface area contributed by atoms with Crippen molar-refractivity contribution in [3.05, 3.63) is 47.5 Å².